The molecule has 28 heavy (non-hydrogen) atoms. The van der Waals surface area contributed by atoms with Crippen LogP contribution in [0.4, 0.5) is 5.82 Å². The molecule has 3 rings (SSSR count). The van der Waals surface area contributed by atoms with E-state index in [9.17, 15) is 4.79 Å². The van der Waals surface area contributed by atoms with Crippen LogP contribution in [0, 0.1) is 6.92 Å². The van der Waals surface area contributed by atoms with Gasteiger partial charge in [0.2, 0.25) is 5.91 Å². The molecule has 0 aliphatic rings. The first-order chi connectivity index (χ1) is 13.5. The lowest BCUT2D eigenvalue weighted by Crippen LogP contribution is -2.15. The van der Waals surface area contributed by atoms with Crippen LogP contribution in [-0.4, -0.2) is 31.4 Å². The molecule has 1 aromatic carbocycles. The van der Waals surface area contributed by atoms with Gasteiger partial charge in [0.15, 0.2) is 11.0 Å². The predicted octanol–water partition coefficient (Wildman–Crippen LogP) is 4.07. The second-order valence-electron chi connectivity index (χ2n) is 5.94. The molecule has 0 unspecified atom stereocenters. The molecule has 0 saturated carbocycles. The van der Waals surface area contributed by atoms with Gasteiger partial charge in [-0.2, -0.15) is 0 Å². The maximum Gasteiger partial charge on any atom is 0.236 e. The maximum absolute atomic E-state index is 12.1. The Labute approximate surface area is 176 Å². The van der Waals surface area contributed by atoms with Crippen LogP contribution >= 0.6 is 27.7 Å². The molecule has 0 saturated heterocycles. The number of rotatable bonds is 8. The lowest BCUT2D eigenvalue weighted by Gasteiger charge is -2.09. The topological polar surface area (TPSA) is 81.9 Å². The Balaban J connectivity index is 1.56. The minimum atomic E-state index is -0.150. The number of hydrogen-bond donors (Lipinski definition) is 1. The third-order valence-electron chi connectivity index (χ3n) is 3.83. The number of nitrogens with zero attached hydrogens (tertiary/aromatic N) is 4. The highest BCUT2D eigenvalue weighted by Gasteiger charge is 2.14. The summed E-state index contributed by atoms with van der Waals surface area (Å²) in [4.78, 5) is 16.3. The van der Waals surface area contributed by atoms with E-state index in [0.717, 1.165) is 16.0 Å². The van der Waals surface area contributed by atoms with Crippen molar-refractivity contribution in [3.63, 3.8) is 0 Å². The first-order valence-corrected chi connectivity index (χ1v) is 10.5. The molecular formula is C19H20BrN5O2S. The van der Waals surface area contributed by atoms with Crippen molar-refractivity contribution in [3.05, 3.63) is 58.5 Å². The van der Waals surface area contributed by atoms with Crippen molar-refractivity contribution in [2.45, 2.75) is 32.2 Å². The number of halogens is 1. The van der Waals surface area contributed by atoms with Crippen molar-refractivity contribution < 1.29 is 9.53 Å². The molecular weight excluding hydrogens is 442 g/mol. The number of ether oxygens (including phenoxy) is 1. The van der Waals surface area contributed by atoms with Crippen LogP contribution in [-0.2, 0) is 17.9 Å². The number of amides is 1. The SMILES string of the molecule is CCn1c(COc2ccc(C)cc2)nnc1SCC(=O)Nc1ccc(Br)cn1. The molecule has 146 valence electrons. The van der Waals surface area contributed by atoms with Crippen molar-refractivity contribution in [2.24, 2.45) is 0 Å². The Morgan fingerprint density at radius 2 is 2.00 bits per heavy atom. The molecule has 2 aromatic heterocycles. The number of benzene rings is 1. The Hall–Kier alpha value is -2.39. The van der Waals surface area contributed by atoms with Crippen molar-refractivity contribution >= 4 is 39.4 Å². The highest BCUT2D eigenvalue weighted by atomic mass is 79.9. The number of aryl methyl sites for hydroxylation is 1. The van der Waals surface area contributed by atoms with Crippen LogP contribution in [0.2, 0.25) is 0 Å². The van der Waals surface area contributed by atoms with E-state index in [-0.39, 0.29) is 11.7 Å². The van der Waals surface area contributed by atoms with Crippen LogP contribution in [0.25, 0.3) is 0 Å². The smallest absolute Gasteiger partial charge is 0.236 e. The fraction of sp³-hybridized carbons (Fsp3) is 0.263. The van der Waals surface area contributed by atoms with Gasteiger partial charge in [0.25, 0.3) is 0 Å². The number of anilines is 1. The normalized spacial score (nSPS) is 10.7. The highest BCUT2D eigenvalue weighted by Crippen LogP contribution is 2.19. The molecule has 0 atom stereocenters. The number of thioether (sulfide) groups is 1. The summed E-state index contributed by atoms with van der Waals surface area (Å²) in [6, 6.07) is 11.4. The molecule has 1 N–H and O–H groups in total. The summed E-state index contributed by atoms with van der Waals surface area (Å²) in [5, 5.41) is 11.9. The van der Waals surface area contributed by atoms with Crippen LogP contribution < -0.4 is 10.1 Å². The largest absolute Gasteiger partial charge is 0.486 e. The highest BCUT2D eigenvalue weighted by molar-refractivity contribution is 9.10. The number of carbonyl (C=O) groups excluding carboxylic acids is 1. The van der Waals surface area contributed by atoms with Gasteiger partial charge in [0, 0.05) is 17.2 Å². The summed E-state index contributed by atoms with van der Waals surface area (Å²) >= 11 is 4.65. The van der Waals surface area contributed by atoms with Gasteiger partial charge >= 0.3 is 0 Å². The van der Waals surface area contributed by atoms with Gasteiger partial charge in [0.05, 0.1) is 5.75 Å². The minimum absolute atomic E-state index is 0.150. The lowest BCUT2D eigenvalue weighted by molar-refractivity contribution is -0.113. The van der Waals surface area contributed by atoms with E-state index < -0.39 is 0 Å². The van der Waals surface area contributed by atoms with E-state index in [1.54, 1.807) is 12.3 Å². The first kappa shape index (κ1) is 20.3. The summed E-state index contributed by atoms with van der Waals surface area (Å²) in [6.07, 6.45) is 1.64. The minimum Gasteiger partial charge on any atom is -0.486 e. The van der Waals surface area contributed by atoms with Gasteiger partial charge in [-0.15, -0.1) is 10.2 Å². The number of aromatic nitrogens is 4. The average molecular weight is 462 g/mol. The van der Waals surface area contributed by atoms with Crippen LogP contribution in [0.5, 0.6) is 5.75 Å². The van der Waals surface area contributed by atoms with Gasteiger partial charge in [-0.25, -0.2) is 4.98 Å². The Bertz CT molecular complexity index is 929. The van der Waals surface area contributed by atoms with Gasteiger partial charge in [-0.1, -0.05) is 29.5 Å². The molecule has 7 nitrogen and oxygen atoms in total. The van der Waals surface area contributed by atoms with Gasteiger partial charge in [0.1, 0.15) is 18.2 Å². The van der Waals surface area contributed by atoms with Crippen LogP contribution in [0.1, 0.15) is 18.3 Å². The van der Waals surface area contributed by atoms with Crippen molar-refractivity contribution in [2.75, 3.05) is 11.1 Å². The molecule has 0 radical (unpaired) electrons. The van der Waals surface area contributed by atoms with Crippen LogP contribution in [0.15, 0.2) is 52.2 Å². The number of carbonyl (C=O) groups is 1. The zero-order chi connectivity index (χ0) is 19.9. The number of hydrogen-bond acceptors (Lipinski definition) is 6. The molecule has 9 heteroatoms. The monoisotopic (exact) mass is 461 g/mol. The zero-order valence-corrected chi connectivity index (χ0v) is 18.0. The predicted molar refractivity (Wildman–Crippen MR) is 112 cm³/mol. The average Bonchev–Trinajstić information content (AvgIpc) is 3.09. The van der Waals surface area contributed by atoms with Crippen molar-refractivity contribution in [1.82, 2.24) is 19.7 Å². The third-order valence-corrected chi connectivity index (χ3v) is 5.26. The van der Waals surface area contributed by atoms with Crippen molar-refractivity contribution in [1.29, 1.82) is 0 Å². The van der Waals surface area contributed by atoms with E-state index >= 15 is 0 Å². The maximum atomic E-state index is 12.1. The second kappa shape index (κ2) is 9.70. The lowest BCUT2D eigenvalue weighted by atomic mass is 10.2. The molecule has 0 bridgehead atoms. The molecule has 0 fully saturated rings. The van der Waals surface area contributed by atoms with E-state index in [2.05, 4.69) is 36.4 Å². The first-order valence-electron chi connectivity index (χ1n) is 8.71. The number of nitrogens with one attached hydrogen (secondary N) is 1. The van der Waals surface area contributed by atoms with E-state index in [1.807, 2.05) is 48.7 Å². The summed E-state index contributed by atoms with van der Waals surface area (Å²) in [5.41, 5.74) is 1.18. The van der Waals surface area contributed by atoms with E-state index in [4.69, 9.17) is 4.74 Å². The fourth-order valence-corrected chi connectivity index (χ4v) is 3.45. The van der Waals surface area contributed by atoms with E-state index in [0.29, 0.717) is 24.1 Å². The Kier molecular flexibility index (Phi) is 7.05. The summed E-state index contributed by atoms with van der Waals surface area (Å²) in [6.45, 7) is 5.05. The van der Waals surface area contributed by atoms with Crippen LogP contribution in [0.3, 0.4) is 0 Å². The molecule has 2 heterocycles. The van der Waals surface area contributed by atoms with Gasteiger partial charge in [-0.05, 0) is 54.0 Å². The molecule has 3 aromatic rings. The van der Waals surface area contributed by atoms with Crippen molar-refractivity contribution in [3.8, 4) is 5.75 Å². The summed E-state index contributed by atoms with van der Waals surface area (Å²) in [5.74, 6) is 2.09. The third kappa shape index (κ3) is 5.56. The number of pyridine rings is 1. The molecule has 0 aliphatic heterocycles. The Morgan fingerprint density at radius 3 is 2.68 bits per heavy atom. The van der Waals surface area contributed by atoms with E-state index in [1.165, 1.54) is 17.3 Å². The summed E-state index contributed by atoms with van der Waals surface area (Å²) < 4.78 is 8.60. The fourth-order valence-electron chi connectivity index (χ4n) is 2.39. The van der Waals surface area contributed by atoms with Gasteiger partial charge < -0.3 is 14.6 Å². The molecule has 0 aliphatic carbocycles. The standard InChI is InChI=1S/C19H20BrN5O2S/c1-3-25-17(11-27-15-7-4-13(2)5-8-15)23-24-19(25)28-12-18(26)22-16-9-6-14(20)10-21-16/h4-10H,3,11-12H2,1-2H3,(H,21,22,26). The second-order valence-corrected chi connectivity index (χ2v) is 7.80. The Morgan fingerprint density at radius 1 is 1.21 bits per heavy atom. The molecule has 1 amide bonds. The quantitative estimate of drug-likeness (QED) is 0.509. The zero-order valence-electron chi connectivity index (χ0n) is 15.6. The van der Waals surface area contributed by atoms with Gasteiger partial charge in [-0.3, -0.25) is 4.79 Å². The summed E-state index contributed by atoms with van der Waals surface area (Å²) in [7, 11) is 0. The molecule has 0 spiro atoms.